The molecule has 0 spiro atoms. The molecule has 0 aliphatic carbocycles. The summed E-state index contributed by atoms with van der Waals surface area (Å²) in [4.78, 5) is 11.1. The van der Waals surface area contributed by atoms with E-state index < -0.39 is 27.5 Å². The van der Waals surface area contributed by atoms with Crippen LogP contribution in [0.1, 0.15) is 20.8 Å². The minimum absolute atomic E-state index is 0.110. The molecule has 0 aliphatic heterocycles. The van der Waals surface area contributed by atoms with Crippen molar-refractivity contribution >= 4 is 21.8 Å². The maximum absolute atomic E-state index is 13.7. The topological polar surface area (TPSA) is 111 Å². The van der Waals surface area contributed by atoms with Crippen LogP contribution in [0.3, 0.4) is 0 Å². The van der Waals surface area contributed by atoms with Gasteiger partial charge in [0.15, 0.2) is 0 Å². The van der Waals surface area contributed by atoms with Crippen LogP contribution >= 0.6 is 0 Å². The van der Waals surface area contributed by atoms with E-state index in [4.69, 9.17) is 9.88 Å². The predicted octanol–water partition coefficient (Wildman–Crippen LogP) is 1.41. The van der Waals surface area contributed by atoms with Crippen molar-refractivity contribution in [3.05, 3.63) is 24.0 Å². The highest BCUT2D eigenvalue weighted by molar-refractivity contribution is 7.89. The Morgan fingerprint density at radius 3 is 2.45 bits per heavy atom. The van der Waals surface area contributed by atoms with E-state index in [9.17, 15) is 17.6 Å². The van der Waals surface area contributed by atoms with Crippen molar-refractivity contribution in [3.63, 3.8) is 0 Å². The van der Waals surface area contributed by atoms with Crippen molar-refractivity contribution in [3.8, 4) is 0 Å². The van der Waals surface area contributed by atoms with E-state index in [-0.39, 0.29) is 23.7 Å². The Bertz CT molecular complexity index is 641. The van der Waals surface area contributed by atoms with Crippen LogP contribution in [0, 0.1) is 5.82 Å². The number of hydrogen-bond donors (Lipinski definition) is 3. The number of alkyl carbamates (subject to hydrolysis) is 1. The molecule has 0 saturated carbocycles. The monoisotopic (exact) mass is 333 g/mol. The summed E-state index contributed by atoms with van der Waals surface area (Å²) in [6.45, 7) is 5.68. The summed E-state index contributed by atoms with van der Waals surface area (Å²) in [6.07, 6.45) is -0.570. The molecule has 0 atom stereocenters. The number of amides is 1. The molecule has 0 aromatic heterocycles. The van der Waals surface area contributed by atoms with Crippen LogP contribution in [0.2, 0.25) is 0 Å². The van der Waals surface area contributed by atoms with Crippen LogP contribution in [-0.2, 0) is 14.8 Å². The molecule has 1 rings (SSSR count). The van der Waals surface area contributed by atoms with Crippen LogP contribution in [0.25, 0.3) is 0 Å². The van der Waals surface area contributed by atoms with Gasteiger partial charge in [0.25, 0.3) is 0 Å². The minimum Gasteiger partial charge on any atom is -0.444 e. The fraction of sp³-hybridized carbons (Fsp3) is 0.462. The number of rotatable bonds is 5. The molecule has 7 nitrogen and oxygen atoms in total. The molecule has 0 fully saturated rings. The number of halogens is 1. The number of hydrogen-bond acceptors (Lipinski definition) is 5. The van der Waals surface area contributed by atoms with Gasteiger partial charge in [0.05, 0.1) is 10.6 Å². The van der Waals surface area contributed by atoms with E-state index in [1.165, 1.54) is 12.1 Å². The zero-order valence-corrected chi connectivity index (χ0v) is 13.5. The fourth-order valence-electron chi connectivity index (χ4n) is 1.49. The van der Waals surface area contributed by atoms with Gasteiger partial charge in [-0.2, -0.15) is 0 Å². The van der Waals surface area contributed by atoms with Crippen LogP contribution in [0.15, 0.2) is 23.1 Å². The third-order valence-corrected chi connectivity index (χ3v) is 3.29. The van der Waals surface area contributed by atoms with Gasteiger partial charge >= 0.3 is 6.09 Å². The first-order valence-electron chi connectivity index (χ1n) is 6.52. The smallest absolute Gasteiger partial charge is 0.407 e. The van der Waals surface area contributed by atoms with Crippen molar-refractivity contribution in [2.24, 2.45) is 5.14 Å². The molecule has 4 N–H and O–H groups in total. The molecule has 1 aromatic rings. The van der Waals surface area contributed by atoms with Gasteiger partial charge in [0, 0.05) is 13.1 Å². The lowest BCUT2D eigenvalue weighted by Gasteiger charge is -2.19. The van der Waals surface area contributed by atoms with Gasteiger partial charge in [-0.3, -0.25) is 0 Å². The van der Waals surface area contributed by atoms with Crippen LogP contribution in [0.4, 0.5) is 14.9 Å². The molecule has 1 aromatic carbocycles. The van der Waals surface area contributed by atoms with Crippen molar-refractivity contribution in [2.45, 2.75) is 31.3 Å². The number of anilines is 1. The van der Waals surface area contributed by atoms with Gasteiger partial charge in [-0.05, 0) is 39.0 Å². The Labute approximate surface area is 129 Å². The predicted molar refractivity (Wildman–Crippen MR) is 80.5 cm³/mol. The maximum Gasteiger partial charge on any atom is 0.407 e. The summed E-state index contributed by atoms with van der Waals surface area (Å²) < 4.78 is 40.9. The summed E-state index contributed by atoms with van der Waals surface area (Å²) in [5.41, 5.74) is -0.480. The van der Waals surface area contributed by atoms with E-state index in [0.717, 1.165) is 6.07 Å². The fourth-order valence-corrected chi connectivity index (χ4v) is 2.02. The van der Waals surface area contributed by atoms with Crippen molar-refractivity contribution in [2.75, 3.05) is 18.4 Å². The van der Waals surface area contributed by atoms with Crippen molar-refractivity contribution in [1.29, 1.82) is 0 Å². The number of nitrogens with one attached hydrogen (secondary N) is 2. The van der Waals surface area contributed by atoms with Crippen molar-refractivity contribution in [1.82, 2.24) is 5.32 Å². The minimum atomic E-state index is -3.94. The number of nitrogens with two attached hydrogens (primary N) is 1. The lowest BCUT2D eigenvalue weighted by Crippen LogP contribution is -2.35. The molecule has 0 unspecified atom stereocenters. The third-order valence-electron chi connectivity index (χ3n) is 2.38. The number of ether oxygens (including phenoxy) is 1. The third kappa shape index (κ3) is 6.27. The first-order valence-corrected chi connectivity index (χ1v) is 8.07. The average molecular weight is 333 g/mol. The van der Waals surface area contributed by atoms with Crippen molar-refractivity contribution < 1.29 is 22.3 Å². The molecule has 0 aliphatic rings. The molecule has 0 heterocycles. The molecule has 0 radical (unpaired) electrons. The first-order chi connectivity index (χ1) is 9.99. The van der Waals surface area contributed by atoms with Gasteiger partial charge in [0.1, 0.15) is 11.4 Å². The van der Waals surface area contributed by atoms with Gasteiger partial charge in [-0.1, -0.05) is 0 Å². The molecule has 1 amide bonds. The highest BCUT2D eigenvalue weighted by atomic mass is 32.2. The maximum atomic E-state index is 13.7. The first kappa shape index (κ1) is 18.2. The SMILES string of the molecule is CC(C)(C)OC(=O)NCCNc1ccc(S(N)(=O)=O)cc1F. The second-order valence-corrected chi connectivity index (χ2v) is 7.10. The number of benzene rings is 1. The lowest BCUT2D eigenvalue weighted by molar-refractivity contribution is 0.0530. The Morgan fingerprint density at radius 1 is 1.32 bits per heavy atom. The highest BCUT2D eigenvalue weighted by Gasteiger charge is 2.15. The van der Waals surface area contributed by atoms with E-state index in [1.807, 2.05) is 0 Å². The summed E-state index contributed by atoms with van der Waals surface area (Å²) in [7, 11) is -3.94. The largest absolute Gasteiger partial charge is 0.444 e. The average Bonchev–Trinajstić information content (AvgIpc) is 2.32. The molecule has 0 saturated heterocycles. The van der Waals surface area contributed by atoms with Gasteiger partial charge < -0.3 is 15.4 Å². The molecule has 9 heteroatoms. The zero-order chi connectivity index (χ0) is 17.0. The molecule has 124 valence electrons. The normalized spacial score (nSPS) is 11.9. The van der Waals surface area contributed by atoms with E-state index in [0.29, 0.717) is 0 Å². The Hall–Kier alpha value is -1.87. The van der Waals surface area contributed by atoms with E-state index in [2.05, 4.69) is 10.6 Å². The molecular formula is C13H20FN3O4S. The number of sulfonamides is 1. The lowest BCUT2D eigenvalue weighted by atomic mass is 10.2. The summed E-state index contributed by atoms with van der Waals surface area (Å²) in [5.74, 6) is -0.746. The summed E-state index contributed by atoms with van der Waals surface area (Å²) in [6, 6.07) is 3.30. The number of primary sulfonamides is 1. The summed E-state index contributed by atoms with van der Waals surface area (Å²) >= 11 is 0. The standard InChI is InChI=1S/C13H20FN3O4S/c1-13(2,3)21-12(18)17-7-6-16-11-5-4-9(8-10(11)14)22(15,19)20/h4-5,8,16H,6-7H2,1-3H3,(H,17,18)(H2,15,19,20). The second-order valence-electron chi connectivity index (χ2n) is 5.54. The number of carbonyl (C=O) groups is 1. The molecular weight excluding hydrogens is 313 g/mol. The summed E-state index contributed by atoms with van der Waals surface area (Å²) in [5, 5.41) is 10.1. The van der Waals surface area contributed by atoms with E-state index in [1.54, 1.807) is 20.8 Å². The zero-order valence-electron chi connectivity index (χ0n) is 12.6. The highest BCUT2D eigenvalue weighted by Crippen LogP contribution is 2.17. The van der Waals surface area contributed by atoms with Crippen LogP contribution in [-0.4, -0.2) is 33.2 Å². The quantitative estimate of drug-likeness (QED) is 0.706. The second kappa shape index (κ2) is 6.93. The Balaban J connectivity index is 2.48. The van der Waals surface area contributed by atoms with Crippen LogP contribution in [0.5, 0.6) is 0 Å². The Morgan fingerprint density at radius 2 is 1.95 bits per heavy atom. The van der Waals surface area contributed by atoms with E-state index >= 15 is 0 Å². The van der Waals surface area contributed by atoms with Crippen LogP contribution < -0.4 is 15.8 Å². The van der Waals surface area contributed by atoms with Gasteiger partial charge in [0.2, 0.25) is 10.0 Å². The Kier molecular flexibility index (Phi) is 5.72. The molecule has 0 bridgehead atoms. The number of carbonyl (C=O) groups excluding carboxylic acids is 1. The molecule has 22 heavy (non-hydrogen) atoms. The van der Waals surface area contributed by atoms with Gasteiger partial charge in [-0.15, -0.1) is 0 Å². The van der Waals surface area contributed by atoms with Gasteiger partial charge in [-0.25, -0.2) is 22.7 Å².